The molecule has 2 atom stereocenters. The molecule has 1 aromatic carbocycles. The van der Waals surface area contributed by atoms with Gasteiger partial charge in [0.15, 0.2) is 0 Å². The third-order valence-electron chi connectivity index (χ3n) is 4.57. The predicted octanol–water partition coefficient (Wildman–Crippen LogP) is 1.77. The van der Waals surface area contributed by atoms with Gasteiger partial charge in [-0.25, -0.2) is 0 Å². The SMILES string of the molecule is C[C@H]1NCCC[C@@H]1C(=O)NCCOc1c[c]cc(-c2cnn(C)c2)c1. The zero-order valence-corrected chi connectivity index (χ0v) is 14.8. The van der Waals surface area contributed by atoms with Crippen LogP contribution < -0.4 is 15.4 Å². The molecule has 0 spiro atoms. The lowest BCUT2D eigenvalue weighted by Crippen LogP contribution is -2.47. The summed E-state index contributed by atoms with van der Waals surface area (Å²) in [6.45, 7) is 4.00. The summed E-state index contributed by atoms with van der Waals surface area (Å²) in [5.41, 5.74) is 2.04. The molecule has 25 heavy (non-hydrogen) atoms. The molecule has 6 nitrogen and oxygen atoms in total. The molecule has 1 fully saturated rings. The summed E-state index contributed by atoms with van der Waals surface area (Å²) in [5, 5.41) is 10.5. The lowest BCUT2D eigenvalue weighted by atomic mass is 9.91. The van der Waals surface area contributed by atoms with Crippen molar-refractivity contribution in [2.24, 2.45) is 13.0 Å². The van der Waals surface area contributed by atoms with Crippen molar-refractivity contribution in [1.29, 1.82) is 0 Å². The van der Waals surface area contributed by atoms with Crippen molar-refractivity contribution in [1.82, 2.24) is 20.4 Å². The number of carbonyl (C=O) groups is 1. The number of nitrogens with one attached hydrogen (secondary N) is 2. The van der Waals surface area contributed by atoms with E-state index >= 15 is 0 Å². The third kappa shape index (κ3) is 4.60. The molecule has 0 bridgehead atoms. The number of aromatic nitrogens is 2. The fourth-order valence-corrected chi connectivity index (χ4v) is 3.15. The number of amides is 1. The Morgan fingerprint density at radius 2 is 2.36 bits per heavy atom. The highest BCUT2D eigenvalue weighted by Crippen LogP contribution is 2.23. The fourth-order valence-electron chi connectivity index (χ4n) is 3.15. The Hall–Kier alpha value is -2.34. The predicted molar refractivity (Wildman–Crippen MR) is 96.2 cm³/mol. The molecule has 1 amide bonds. The molecular weight excluding hydrogens is 316 g/mol. The quantitative estimate of drug-likeness (QED) is 0.786. The Labute approximate surface area is 148 Å². The van der Waals surface area contributed by atoms with Gasteiger partial charge in [0.05, 0.1) is 18.7 Å². The Morgan fingerprint density at radius 3 is 3.12 bits per heavy atom. The second-order valence-electron chi connectivity index (χ2n) is 6.49. The van der Waals surface area contributed by atoms with E-state index in [1.165, 1.54) is 0 Å². The van der Waals surface area contributed by atoms with E-state index in [1.54, 1.807) is 10.7 Å². The van der Waals surface area contributed by atoms with Gasteiger partial charge in [0, 0.05) is 24.8 Å². The molecule has 2 heterocycles. The van der Waals surface area contributed by atoms with Gasteiger partial charge in [-0.3, -0.25) is 9.48 Å². The van der Waals surface area contributed by atoms with E-state index in [9.17, 15) is 4.79 Å². The number of benzene rings is 1. The van der Waals surface area contributed by atoms with Crippen LogP contribution in [0.3, 0.4) is 0 Å². The number of nitrogens with zero attached hydrogens (tertiary/aromatic N) is 2. The molecule has 1 radical (unpaired) electrons. The molecule has 133 valence electrons. The maximum Gasteiger partial charge on any atom is 0.224 e. The van der Waals surface area contributed by atoms with Crippen LogP contribution in [-0.4, -0.2) is 41.4 Å². The first-order valence-electron chi connectivity index (χ1n) is 8.77. The van der Waals surface area contributed by atoms with Gasteiger partial charge in [0.1, 0.15) is 12.4 Å². The molecule has 1 aromatic heterocycles. The Kier molecular flexibility index (Phi) is 5.71. The van der Waals surface area contributed by atoms with Crippen molar-refractivity contribution in [3.8, 4) is 16.9 Å². The molecule has 0 unspecified atom stereocenters. The number of hydrogen-bond donors (Lipinski definition) is 2. The topological polar surface area (TPSA) is 68.2 Å². The second kappa shape index (κ2) is 8.16. The largest absolute Gasteiger partial charge is 0.492 e. The first-order valence-corrected chi connectivity index (χ1v) is 8.77. The average molecular weight is 341 g/mol. The third-order valence-corrected chi connectivity index (χ3v) is 4.57. The summed E-state index contributed by atoms with van der Waals surface area (Å²) in [5.74, 6) is 0.901. The van der Waals surface area contributed by atoms with E-state index in [0.29, 0.717) is 13.2 Å². The van der Waals surface area contributed by atoms with Crippen LogP contribution in [0.1, 0.15) is 19.8 Å². The van der Waals surface area contributed by atoms with Gasteiger partial charge in [-0.1, -0.05) is 0 Å². The Balaban J connectivity index is 1.47. The summed E-state index contributed by atoms with van der Waals surface area (Å²) < 4.78 is 7.51. The van der Waals surface area contributed by atoms with Gasteiger partial charge in [-0.2, -0.15) is 5.10 Å². The van der Waals surface area contributed by atoms with Crippen LogP contribution in [0.5, 0.6) is 5.75 Å². The molecule has 3 rings (SSSR count). The maximum atomic E-state index is 12.2. The fraction of sp³-hybridized carbons (Fsp3) is 0.474. The van der Waals surface area contributed by atoms with Crippen molar-refractivity contribution in [2.75, 3.05) is 19.7 Å². The minimum atomic E-state index is 0.0518. The van der Waals surface area contributed by atoms with Crippen LogP contribution in [0, 0.1) is 12.0 Å². The van der Waals surface area contributed by atoms with E-state index in [2.05, 4.69) is 28.7 Å². The van der Waals surface area contributed by atoms with Crippen LogP contribution in [0.2, 0.25) is 0 Å². The van der Waals surface area contributed by atoms with E-state index in [1.807, 2.05) is 31.6 Å². The minimum absolute atomic E-state index is 0.0518. The summed E-state index contributed by atoms with van der Waals surface area (Å²) in [4.78, 5) is 12.2. The van der Waals surface area contributed by atoms with Crippen molar-refractivity contribution < 1.29 is 9.53 Å². The smallest absolute Gasteiger partial charge is 0.224 e. The highest BCUT2D eigenvalue weighted by Gasteiger charge is 2.26. The van der Waals surface area contributed by atoms with Crippen molar-refractivity contribution in [3.05, 3.63) is 36.7 Å². The summed E-state index contributed by atoms with van der Waals surface area (Å²) in [7, 11) is 1.89. The molecule has 0 saturated carbocycles. The van der Waals surface area contributed by atoms with Crippen LogP contribution in [0.25, 0.3) is 11.1 Å². The first-order chi connectivity index (χ1) is 12.1. The van der Waals surface area contributed by atoms with Gasteiger partial charge < -0.3 is 15.4 Å². The normalized spacial score (nSPS) is 20.2. The number of rotatable bonds is 6. The standard InChI is InChI=1S/C19H25N4O2/c1-14-18(7-4-8-20-14)19(24)21-9-10-25-17-6-3-5-15(11-17)16-12-22-23(2)13-16/h5-6,11-14,18,20H,4,7-10H2,1-2H3,(H,21,24)/t14-,18+/m1/s1. The lowest BCUT2D eigenvalue weighted by Gasteiger charge is -2.28. The van der Waals surface area contributed by atoms with E-state index in [0.717, 1.165) is 36.3 Å². The van der Waals surface area contributed by atoms with E-state index in [-0.39, 0.29) is 17.9 Å². The Bertz CT molecular complexity index is 713. The molecule has 1 aliphatic heterocycles. The first kappa shape index (κ1) is 17.5. The molecule has 6 heteroatoms. The van der Waals surface area contributed by atoms with Crippen molar-refractivity contribution in [3.63, 3.8) is 0 Å². The molecule has 0 aliphatic carbocycles. The average Bonchev–Trinajstić information content (AvgIpc) is 3.06. The van der Waals surface area contributed by atoms with Gasteiger partial charge >= 0.3 is 0 Å². The Morgan fingerprint density at radius 1 is 1.48 bits per heavy atom. The van der Waals surface area contributed by atoms with Crippen LogP contribution >= 0.6 is 0 Å². The van der Waals surface area contributed by atoms with Crippen LogP contribution in [0.15, 0.2) is 30.6 Å². The van der Waals surface area contributed by atoms with E-state index < -0.39 is 0 Å². The second-order valence-corrected chi connectivity index (χ2v) is 6.49. The molecular formula is C19H25N4O2. The van der Waals surface area contributed by atoms with Gasteiger partial charge in [0.25, 0.3) is 0 Å². The molecule has 1 aliphatic rings. The highest BCUT2D eigenvalue weighted by atomic mass is 16.5. The summed E-state index contributed by atoms with van der Waals surface area (Å²) in [6, 6.07) is 8.99. The van der Waals surface area contributed by atoms with Crippen molar-refractivity contribution in [2.45, 2.75) is 25.8 Å². The lowest BCUT2D eigenvalue weighted by molar-refractivity contribution is -0.126. The summed E-state index contributed by atoms with van der Waals surface area (Å²) in [6.07, 6.45) is 5.76. The number of hydrogen-bond acceptors (Lipinski definition) is 4. The van der Waals surface area contributed by atoms with Crippen molar-refractivity contribution >= 4 is 5.91 Å². The zero-order chi connectivity index (χ0) is 17.6. The number of aryl methyl sites for hydroxylation is 1. The van der Waals surface area contributed by atoms with Crippen LogP contribution in [-0.2, 0) is 11.8 Å². The molecule has 1 saturated heterocycles. The molecule has 2 aromatic rings. The van der Waals surface area contributed by atoms with Gasteiger partial charge in [-0.05, 0) is 56.1 Å². The minimum Gasteiger partial charge on any atom is -0.492 e. The van der Waals surface area contributed by atoms with E-state index in [4.69, 9.17) is 4.74 Å². The number of piperidine rings is 1. The molecule has 2 N–H and O–H groups in total. The van der Waals surface area contributed by atoms with Gasteiger partial charge in [-0.15, -0.1) is 0 Å². The van der Waals surface area contributed by atoms with Gasteiger partial charge in [0.2, 0.25) is 5.91 Å². The van der Waals surface area contributed by atoms with Crippen LogP contribution in [0.4, 0.5) is 0 Å². The monoisotopic (exact) mass is 341 g/mol. The zero-order valence-electron chi connectivity index (χ0n) is 14.8. The summed E-state index contributed by atoms with van der Waals surface area (Å²) >= 11 is 0. The number of carbonyl (C=O) groups excluding carboxylic acids is 1. The highest BCUT2D eigenvalue weighted by molar-refractivity contribution is 5.79. The number of ether oxygens (including phenoxy) is 1. The maximum absolute atomic E-state index is 12.2.